The Labute approximate surface area is 136 Å². The van der Waals surface area contributed by atoms with E-state index in [2.05, 4.69) is 0 Å². The number of benzene rings is 2. The summed E-state index contributed by atoms with van der Waals surface area (Å²) < 4.78 is 15.1. The number of aromatic carboxylic acids is 1. The van der Waals surface area contributed by atoms with E-state index in [1.54, 1.807) is 0 Å². The zero-order valence-corrected chi connectivity index (χ0v) is 12.8. The van der Waals surface area contributed by atoms with Gasteiger partial charge in [-0.1, -0.05) is 0 Å². The minimum absolute atomic E-state index is 0.0115. The fraction of sp³-hybridized carbons (Fsp3) is 0.125. The molecule has 0 atom stereocenters. The summed E-state index contributed by atoms with van der Waals surface area (Å²) in [6.45, 7) is 0. The molecule has 0 fully saturated rings. The van der Waals surface area contributed by atoms with Crippen LogP contribution in [0.25, 0.3) is 0 Å². The average molecular weight is 334 g/mol. The van der Waals surface area contributed by atoms with Crippen molar-refractivity contribution < 1.29 is 39.1 Å². The van der Waals surface area contributed by atoms with Crippen molar-refractivity contribution in [3.8, 4) is 28.7 Å². The first-order chi connectivity index (χ1) is 11.4. The van der Waals surface area contributed by atoms with E-state index in [9.17, 15) is 19.8 Å². The molecule has 0 aromatic heterocycles. The van der Waals surface area contributed by atoms with E-state index in [-0.39, 0.29) is 11.3 Å². The van der Waals surface area contributed by atoms with Crippen molar-refractivity contribution in [2.45, 2.75) is 0 Å². The van der Waals surface area contributed by atoms with Crippen molar-refractivity contribution in [3.05, 3.63) is 41.5 Å². The molecule has 2 aromatic rings. The molecule has 2 rings (SSSR count). The highest BCUT2D eigenvalue weighted by Gasteiger charge is 2.23. The van der Waals surface area contributed by atoms with E-state index in [0.29, 0.717) is 5.75 Å². The fourth-order valence-electron chi connectivity index (χ4n) is 2.00. The van der Waals surface area contributed by atoms with Crippen molar-refractivity contribution in [3.63, 3.8) is 0 Å². The molecule has 0 unspecified atom stereocenters. The molecule has 0 heterocycles. The van der Waals surface area contributed by atoms with Gasteiger partial charge in [-0.2, -0.15) is 0 Å². The van der Waals surface area contributed by atoms with Crippen LogP contribution in [0.4, 0.5) is 0 Å². The minimum Gasteiger partial charge on any atom is -0.508 e. The van der Waals surface area contributed by atoms with E-state index in [1.807, 2.05) is 0 Å². The summed E-state index contributed by atoms with van der Waals surface area (Å²) in [5, 5.41) is 28.2. The van der Waals surface area contributed by atoms with Gasteiger partial charge in [0.1, 0.15) is 34.1 Å². The second-order valence-electron chi connectivity index (χ2n) is 4.60. The van der Waals surface area contributed by atoms with Gasteiger partial charge in [0.2, 0.25) is 0 Å². The normalized spacial score (nSPS) is 10.1. The lowest BCUT2D eigenvalue weighted by atomic mass is 10.1. The lowest BCUT2D eigenvalue weighted by molar-refractivity contribution is 0.0677. The molecule has 0 aliphatic heterocycles. The molecule has 24 heavy (non-hydrogen) atoms. The molecule has 126 valence electrons. The number of carboxylic acid groups (broad SMARTS) is 1. The average Bonchev–Trinajstić information content (AvgIpc) is 2.52. The molecular weight excluding hydrogens is 320 g/mol. The first-order valence-electron chi connectivity index (χ1n) is 6.60. The smallest absolute Gasteiger partial charge is 0.347 e. The Morgan fingerprint density at radius 1 is 0.958 bits per heavy atom. The molecule has 3 N–H and O–H groups in total. The van der Waals surface area contributed by atoms with E-state index in [4.69, 9.17) is 19.3 Å². The number of rotatable bonds is 5. The van der Waals surface area contributed by atoms with Crippen LogP contribution in [0.5, 0.6) is 28.7 Å². The van der Waals surface area contributed by atoms with Crippen LogP contribution in [0, 0.1) is 0 Å². The number of carbonyl (C=O) groups excluding carboxylic acids is 1. The van der Waals surface area contributed by atoms with Crippen molar-refractivity contribution in [1.82, 2.24) is 0 Å². The zero-order valence-electron chi connectivity index (χ0n) is 12.8. The molecule has 0 aliphatic carbocycles. The van der Waals surface area contributed by atoms with Crippen molar-refractivity contribution in [2.24, 2.45) is 0 Å². The first-order valence-corrected chi connectivity index (χ1v) is 6.60. The highest BCUT2D eigenvalue weighted by atomic mass is 16.5. The summed E-state index contributed by atoms with van der Waals surface area (Å²) in [6.07, 6.45) is 0. The molecular formula is C16H14O8. The molecule has 2 aromatic carbocycles. The number of aromatic hydroxyl groups is 2. The monoisotopic (exact) mass is 334 g/mol. The third kappa shape index (κ3) is 3.32. The molecule has 0 radical (unpaired) electrons. The van der Waals surface area contributed by atoms with Crippen molar-refractivity contribution >= 4 is 11.9 Å². The van der Waals surface area contributed by atoms with Gasteiger partial charge in [-0.15, -0.1) is 0 Å². The number of ether oxygens (including phenoxy) is 3. The summed E-state index contributed by atoms with van der Waals surface area (Å²) >= 11 is 0. The molecule has 0 spiro atoms. The predicted molar refractivity (Wildman–Crippen MR) is 81.2 cm³/mol. The molecule has 0 bridgehead atoms. The first kappa shape index (κ1) is 16.9. The third-order valence-corrected chi connectivity index (χ3v) is 3.11. The highest BCUT2D eigenvalue weighted by Crippen LogP contribution is 2.34. The number of methoxy groups -OCH3 is 2. The van der Waals surface area contributed by atoms with E-state index < -0.39 is 34.8 Å². The van der Waals surface area contributed by atoms with Crippen LogP contribution >= 0.6 is 0 Å². The maximum Gasteiger partial charge on any atom is 0.347 e. The van der Waals surface area contributed by atoms with Crippen LogP contribution in [-0.2, 0) is 0 Å². The van der Waals surface area contributed by atoms with Gasteiger partial charge >= 0.3 is 11.9 Å². The SMILES string of the molecule is COc1ccc(C(=O)Oc2cc(O)cc(O)c2C(=O)O)c(OC)c1. The molecule has 0 saturated heterocycles. The number of phenols is 2. The Bertz CT molecular complexity index is 797. The Balaban J connectivity index is 2.42. The van der Waals surface area contributed by atoms with Gasteiger partial charge in [0.05, 0.1) is 14.2 Å². The van der Waals surface area contributed by atoms with Crippen LogP contribution in [0.15, 0.2) is 30.3 Å². The number of carbonyl (C=O) groups is 2. The number of esters is 1. The Hall–Kier alpha value is -3.42. The molecule has 8 heteroatoms. The Morgan fingerprint density at radius 2 is 1.67 bits per heavy atom. The Kier molecular flexibility index (Phi) is 4.78. The van der Waals surface area contributed by atoms with Crippen molar-refractivity contribution in [1.29, 1.82) is 0 Å². The lowest BCUT2D eigenvalue weighted by Crippen LogP contribution is -2.13. The highest BCUT2D eigenvalue weighted by molar-refractivity contribution is 5.98. The summed E-state index contributed by atoms with van der Waals surface area (Å²) in [6, 6.07) is 6.07. The van der Waals surface area contributed by atoms with Gasteiger partial charge in [0, 0.05) is 18.2 Å². The van der Waals surface area contributed by atoms with Crippen LogP contribution in [0.1, 0.15) is 20.7 Å². The third-order valence-electron chi connectivity index (χ3n) is 3.11. The van der Waals surface area contributed by atoms with Crippen LogP contribution in [0.3, 0.4) is 0 Å². The second-order valence-corrected chi connectivity index (χ2v) is 4.60. The maximum atomic E-state index is 12.3. The van der Waals surface area contributed by atoms with Crippen LogP contribution in [0.2, 0.25) is 0 Å². The lowest BCUT2D eigenvalue weighted by Gasteiger charge is -2.12. The number of hydrogen-bond donors (Lipinski definition) is 3. The number of phenolic OH excluding ortho intramolecular Hbond substituents is 1. The van der Waals surface area contributed by atoms with Gasteiger partial charge < -0.3 is 29.5 Å². The fourth-order valence-corrected chi connectivity index (χ4v) is 2.00. The Morgan fingerprint density at radius 3 is 2.25 bits per heavy atom. The minimum atomic E-state index is -1.52. The van der Waals surface area contributed by atoms with Gasteiger partial charge in [-0.25, -0.2) is 9.59 Å². The maximum absolute atomic E-state index is 12.3. The second kappa shape index (κ2) is 6.78. The van der Waals surface area contributed by atoms with Gasteiger partial charge in [0.15, 0.2) is 5.75 Å². The van der Waals surface area contributed by atoms with E-state index >= 15 is 0 Å². The van der Waals surface area contributed by atoms with E-state index in [0.717, 1.165) is 12.1 Å². The summed E-state index contributed by atoms with van der Waals surface area (Å²) in [4.78, 5) is 23.5. The quantitative estimate of drug-likeness (QED) is 0.561. The van der Waals surface area contributed by atoms with Gasteiger partial charge in [0.25, 0.3) is 0 Å². The van der Waals surface area contributed by atoms with Crippen LogP contribution < -0.4 is 14.2 Å². The molecule has 0 saturated carbocycles. The summed E-state index contributed by atoms with van der Waals surface area (Å²) in [7, 11) is 2.79. The largest absolute Gasteiger partial charge is 0.508 e. The number of carboxylic acids is 1. The van der Waals surface area contributed by atoms with Gasteiger partial charge in [-0.05, 0) is 12.1 Å². The molecule has 8 nitrogen and oxygen atoms in total. The van der Waals surface area contributed by atoms with Crippen LogP contribution in [-0.4, -0.2) is 41.5 Å². The topological polar surface area (TPSA) is 123 Å². The van der Waals surface area contributed by atoms with Crippen molar-refractivity contribution in [2.75, 3.05) is 14.2 Å². The zero-order chi connectivity index (χ0) is 17.9. The standard InChI is InChI=1S/C16H14O8/c1-22-9-3-4-10(12(7-9)23-2)16(21)24-13-6-8(17)5-11(18)14(13)15(19)20/h3-7,17-18H,1-2H3,(H,19,20). The predicted octanol–water partition coefficient (Wildman–Crippen LogP) is 2.03. The van der Waals surface area contributed by atoms with Gasteiger partial charge in [-0.3, -0.25) is 0 Å². The summed E-state index contributed by atoms with van der Waals surface area (Å²) in [5.74, 6) is -3.53. The molecule has 0 amide bonds. The number of hydrogen-bond acceptors (Lipinski definition) is 7. The van der Waals surface area contributed by atoms with E-state index in [1.165, 1.54) is 32.4 Å². The molecule has 0 aliphatic rings. The summed E-state index contributed by atoms with van der Waals surface area (Å²) in [5.41, 5.74) is -0.633.